The van der Waals surface area contributed by atoms with Crippen LogP contribution in [0.4, 0.5) is 0 Å². The van der Waals surface area contributed by atoms with Crippen LogP contribution in [-0.4, -0.2) is 27.4 Å². The Kier molecular flexibility index (Phi) is 4.88. The van der Waals surface area contributed by atoms with Gasteiger partial charge in [-0.25, -0.2) is 0 Å². The topological polar surface area (TPSA) is 54.3 Å². The van der Waals surface area contributed by atoms with Gasteiger partial charge in [-0.15, -0.1) is 11.8 Å². The van der Waals surface area contributed by atoms with E-state index in [-0.39, 0.29) is 5.37 Å². The summed E-state index contributed by atoms with van der Waals surface area (Å²) in [4.78, 5) is 11.2. The number of aromatic nitrogens is 1. The number of carbonyl (C=O) groups is 1. The molecule has 3 aromatic rings. The lowest BCUT2D eigenvalue weighted by molar-refractivity contribution is -0.138. The van der Waals surface area contributed by atoms with E-state index < -0.39 is 12.0 Å². The van der Waals surface area contributed by atoms with Gasteiger partial charge in [0.2, 0.25) is 0 Å². The van der Waals surface area contributed by atoms with Gasteiger partial charge in [-0.05, 0) is 23.8 Å². The number of thioether (sulfide) groups is 1. The number of nitrogens with zero attached hydrogens (tertiary/aromatic N) is 1. The molecule has 1 fully saturated rings. The third-order valence-electron chi connectivity index (χ3n) is 4.52. The number of hydrogen-bond acceptors (Lipinski definition) is 3. The number of rotatable bonds is 4. The maximum Gasteiger partial charge on any atom is 0.321 e. The van der Waals surface area contributed by atoms with Gasteiger partial charge in [0.05, 0.1) is 15.4 Å². The van der Waals surface area contributed by atoms with E-state index in [1.807, 2.05) is 24.3 Å². The van der Waals surface area contributed by atoms with Crippen LogP contribution in [0.2, 0.25) is 10.0 Å². The summed E-state index contributed by atoms with van der Waals surface area (Å²) in [6.07, 6.45) is 2.10. The Bertz CT molecular complexity index is 989. The molecule has 7 heteroatoms. The van der Waals surface area contributed by atoms with Crippen molar-refractivity contribution in [1.82, 2.24) is 9.88 Å². The first-order valence-corrected chi connectivity index (χ1v) is 9.95. The van der Waals surface area contributed by atoms with Crippen molar-refractivity contribution in [2.24, 2.45) is 0 Å². The van der Waals surface area contributed by atoms with Crippen LogP contribution in [0.1, 0.15) is 16.5 Å². The SMILES string of the molecule is O=C(O)[C@@H]1CS[C@@H](c2cn(Cc3ccc(Cl)c(Cl)c3)c3ccccc23)N1. The van der Waals surface area contributed by atoms with Gasteiger partial charge in [0.1, 0.15) is 6.04 Å². The molecule has 2 heterocycles. The Labute approximate surface area is 165 Å². The summed E-state index contributed by atoms with van der Waals surface area (Å²) in [5, 5.41) is 14.6. The fraction of sp³-hybridized carbons (Fsp3) is 0.211. The molecule has 4 rings (SSSR count). The van der Waals surface area contributed by atoms with Crippen LogP contribution >= 0.6 is 35.0 Å². The van der Waals surface area contributed by atoms with E-state index in [0.29, 0.717) is 22.3 Å². The van der Waals surface area contributed by atoms with E-state index in [4.69, 9.17) is 23.2 Å². The molecule has 2 atom stereocenters. The average Bonchev–Trinajstić information content (AvgIpc) is 3.24. The lowest BCUT2D eigenvalue weighted by Gasteiger charge is -2.10. The monoisotopic (exact) mass is 406 g/mol. The third kappa shape index (κ3) is 3.32. The highest BCUT2D eigenvalue weighted by Gasteiger charge is 2.32. The van der Waals surface area contributed by atoms with Gasteiger partial charge in [-0.1, -0.05) is 47.5 Å². The van der Waals surface area contributed by atoms with Crippen molar-refractivity contribution in [3.8, 4) is 0 Å². The third-order valence-corrected chi connectivity index (χ3v) is 6.51. The molecule has 0 radical (unpaired) electrons. The van der Waals surface area contributed by atoms with E-state index in [1.165, 1.54) is 0 Å². The first-order chi connectivity index (χ1) is 12.5. The molecule has 4 nitrogen and oxygen atoms in total. The zero-order valence-electron chi connectivity index (χ0n) is 13.7. The highest BCUT2D eigenvalue weighted by molar-refractivity contribution is 7.99. The summed E-state index contributed by atoms with van der Waals surface area (Å²) in [5.41, 5.74) is 3.27. The molecule has 1 aromatic heterocycles. The summed E-state index contributed by atoms with van der Waals surface area (Å²) in [7, 11) is 0. The molecule has 26 heavy (non-hydrogen) atoms. The van der Waals surface area contributed by atoms with Gasteiger partial charge < -0.3 is 9.67 Å². The van der Waals surface area contributed by atoms with Gasteiger partial charge >= 0.3 is 5.97 Å². The van der Waals surface area contributed by atoms with E-state index in [2.05, 4.69) is 28.2 Å². The quantitative estimate of drug-likeness (QED) is 0.654. The lowest BCUT2D eigenvalue weighted by atomic mass is 10.1. The van der Waals surface area contributed by atoms with Gasteiger partial charge in [0.15, 0.2) is 0 Å². The number of para-hydroxylation sites is 1. The fourth-order valence-electron chi connectivity index (χ4n) is 3.24. The molecule has 2 N–H and O–H groups in total. The predicted molar refractivity (Wildman–Crippen MR) is 107 cm³/mol. The molecule has 1 aliphatic heterocycles. The Balaban J connectivity index is 1.70. The molecule has 2 aromatic carbocycles. The van der Waals surface area contributed by atoms with Crippen molar-refractivity contribution in [3.63, 3.8) is 0 Å². The highest BCUT2D eigenvalue weighted by atomic mass is 35.5. The second kappa shape index (κ2) is 7.16. The number of hydrogen-bond donors (Lipinski definition) is 2. The van der Waals surface area contributed by atoms with Crippen LogP contribution in [0.3, 0.4) is 0 Å². The van der Waals surface area contributed by atoms with Crippen molar-refractivity contribution >= 4 is 51.8 Å². The number of nitrogens with one attached hydrogen (secondary N) is 1. The van der Waals surface area contributed by atoms with Crippen molar-refractivity contribution < 1.29 is 9.90 Å². The molecule has 0 unspecified atom stereocenters. The van der Waals surface area contributed by atoms with Gasteiger partial charge in [0, 0.05) is 35.0 Å². The summed E-state index contributed by atoms with van der Waals surface area (Å²) in [6.45, 7) is 0.664. The minimum atomic E-state index is -0.806. The normalized spacial score (nSPS) is 19.9. The van der Waals surface area contributed by atoms with Crippen LogP contribution in [0.5, 0.6) is 0 Å². The molecule has 0 spiro atoms. The van der Waals surface area contributed by atoms with Gasteiger partial charge in [-0.3, -0.25) is 10.1 Å². The van der Waals surface area contributed by atoms with Crippen molar-refractivity contribution in [2.75, 3.05) is 5.75 Å². The van der Waals surface area contributed by atoms with E-state index in [1.54, 1.807) is 17.8 Å². The van der Waals surface area contributed by atoms with Crippen LogP contribution in [0, 0.1) is 0 Å². The molecule has 0 bridgehead atoms. The van der Waals surface area contributed by atoms with E-state index in [9.17, 15) is 9.90 Å². The Hall–Kier alpha value is -1.66. The fourth-order valence-corrected chi connectivity index (χ4v) is 4.82. The predicted octanol–water partition coefficient (Wildman–Crippen LogP) is 4.78. The minimum absolute atomic E-state index is 0.0314. The molecule has 0 amide bonds. The zero-order chi connectivity index (χ0) is 18.3. The van der Waals surface area contributed by atoms with Crippen LogP contribution < -0.4 is 5.32 Å². The molecule has 0 saturated carbocycles. The molecule has 134 valence electrons. The number of carboxylic acid groups (broad SMARTS) is 1. The Morgan fingerprint density at radius 1 is 1.23 bits per heavy atom. The molecule has 0 aliphatic carbocycles. The van der Waals surface area contributed by atoms with E-state index >= 15 is 0 Å². The van der Waals surface area contributed by atoms with Gasteiger partial charge in [0.25, 0.3) is 0 Å². The smallest absolute Gasteiger partial charge is 0.321 e. The number of carboxylic acids is 1. The van der Waals surface area contributed by atoms with Crippen molar-refractivity contribution in [2.45, 2.75) is 18.0 Å². The number of benzene rings is 2. The summed E-state index contributed by atoms with van der Waals surface area (Å²) in [5.74, 6) is -0.244. The molecule has 1 saturated heterocycles. The summed E-state index contributed by atoms with van der Waals surface area (Å²) in [6, 6.07) is 13.3. The average molecular weight is 407 g/mol. The second-order valence-electron chi connectivity index (χ2n) is 6.25. The standard InChI is InChI=1S/C19H16Cl2N2O2S/c20-14-6-5-11(7-15(14)21)8-23-9-13(12-3-1-2-4-17(12)23)18-22-16(10-26-18)19(24)25/h1-7,9,16,18,22H,8,10H2,(H,24,25)/t16-,18-/m0/s1. The van der Waals surface area contributed by atoms with Gasteiger partial charge in [-0.2, -0.15) is 0 Å². The van der Waals surface area contributed by atoms with E-state index in [0.717, 1.165) is 22.0 Å². The molecule has 1 aliphatic rings. The largest absolute Gasteiger partial charge is 0.480 e. The van der Waals surface area contributed by atoms with Crippen LogP contribution in [0.25, 0.3) is 10.9 Å². The second-order valence-corrected chi connectivity index (χ2v) is 8.20. The number of fused-ring (bicyclic) bond motifs is 1. The summed E-state index contributed by atoms with van der Waals surface area (Å²) >= 11 is 13.8. The lowest BCUT2D eigenvalue weighted by Crippen LogP contribution is -2.33. The number of aliphatic carboxylic acids is 1. The first-order valence-electron chi connectivity index (χ1n) is 8.15. The minimum Gasteiger partial charge on any atom is -0.480 e. The number of halogens is 2. The van der Waals surface area contributed by atoms with Crippen molar-refractivity contribution in [1.29, 1.82) is 0 Å². The Morgan fingerprint density at radius 2 is 2.04 bits per heavy atom. The van der Waals surface area contributed by atoms with Crippen LogP contribution in [-0.2, 0) is 11.3 Å². The highest BCUT2D eigenvalue weighted by Crippen LogP contribution is 2.38. The maximum atomic E-state index is 11.2. The van der Waals surface area contributed by atoms with Crippen LogP contribution in [0.15, 0.2) is 48.7 Å². The molecular formula is C19H16Cl2N2O2S. The Morgan fingerprint density at radius 3 is 2.77 bits per heavy atom. The maximum absolute atomic E-state index is 11.2. The molecular weight excluding hydrogens is 391 g/mol. The first kappa shape index (κ1) is 17.7. The summed E-state index contributed by atoms with van der Waals surface area (Å²) < 4.78 is 2.17. The zero-order valence-corrected chi connectivity index (χ0v) is 16.0. The van der Waals surface area contributed by atoms with Crippen molar-refractivity contribution in [3.05, 3.63) is 69.8 Å².